The van der Waals surface area contributed by atoms with Crippen molar-refractivity contribution in [1.29, 1.82) is 0 Å². The summed E-state index contributed by atoms with van der Waals surface area (Å²) < 4.78 is 1.12. The fourth-order valence-electron chi connectivity index (χ4n) is 3.57. The van der Waals surface area contributed by atoms with E-state index < -0.39 is 0 Å². The molecule has 0 unspecified atom stereocenters. The van der Waals surface area contributed by atoms with Crippen molar-refractivity contribution >= 4 is 15.9 Å². The highest BCUT2D eigenvalue weighted by Crippen LogP contribution is 2.49. The first kappa shape index (κ1) is 13.8. The van der Waals surface area contributed by atoms with E-state index in [1.165, 1.54) is 33.4 Å². The Morgan fingerprint density at radius 2 is 1.41 bits per heavy atom. The van der Waals surface area contributed by atoms with E-state index in [1.807, 2.05) is 0 Å². The molecule has 0 atom stereocenters. The summed E-state index contributed by atoms with van der Waals surface area (Å²) in [5.74, 6) is 0. The zero-order valence-corrected chi connectivity index (χ0v) is 14.3. The largest absolute Gasteiger partial charge is 0.0619 e. The van der Waals surface area contributed by atoms with E-state index >= 15 is 0 Å². The molecule has 3 aromatic carbocycles. The van der Waals surface area contributed by atoms with E-state index in [4.69, 9.17) is 0 Å². The summed E-state index contributed by atoms with van der Waals surface area (Å²) in [7, 11) is 0. The number of hydrogen-bond donors (Lipinski definition) is 0. The highest BCUT2D eigenvalue weighted by Gasteiger charge is 2.34. The van der Waals surface area contributed by atoms with Crippen LogP contribution in [0.2, 0.25) is 0 Å². The number of halogens is 1. The van der Waals surface area contributed by atoms with Gasteiger partial charge in [0.25, 0.3) is 0 Å². The lowest BCUT2D eigenvalue weighted by atomic mass is 9.82. The van der Waals surface area contributed by atoms with Gasteiger partial charge in [-0.15, -0.1) is 0 Å². The second-order valence-corrected chi connectivity index (χ2v) is 7.36. The monoisotopic (exact) mass is 348 g/mol. The second kappa shape index (κ2) is 4.82. The topological polar surface area (TPSA) is 0 Å². The Morgan fingerprint density at radius 3 is 2.23 bits per heavy atom. The maximum atomic E-state index is 3.57. The molecule has 0 amide bonds. The normalized spacial score (nSPS) is 14.5. The van der Waals surface area contributed by atoms with Crippen LogP contribution in [0.4, 0.5) is 0 Å². The Labute approximate surface area is 140 Å². The second-order valence-electron chi connectivity index (χ2n) is 6.44. The summed E-state index contributed by atoms with van der Waals surface area (Å²) in [6.45, 7) is 4.63. The molecule has 0 nitrogen and oxygen atoms in total. The van der Waals surface area contributed by atoms with Gasteiger partial charge in [0, 0.05) is 9.89 Å². The first-order valence-corrected chi connectivity index (χ1v) is 8.37. The van der Waals surface area contributed by atoms with Crippen LogP contribution >= 0.6 is 15.9 Å². The molecule has 1 heteroatoms. The highest BCUT2D eigenvalue weighted by molar-refractivity contribution is 9.10. The van der Waals surface area contributed by atoms with Crippen LogP contribution in [0.3, 0.4) is 0 Å². The molecule has 22 heavy (non-hydrogen) atoms. The van der Waals surface area contributed by atoms with E-state index in [0.29, 0.717) is 0 Å². The highest BCUT2D eigenvalue weighted by atomic mass is 79.9. The number of fused-ring (bicyclic) bond motifs is 3. The van der Waals surface area contributed by atoms with Crippen molar-refractivity contribution in [3.8, 4) is 22.3 Å². The van der Waals surface area contributed by atoms with E-state index in [2.05, 4.69) is 96.5 Å². The molecular formula is C21H17Br. The van der Waals surface area contributed by atoms with Gasteiger partial charge in [0.05, 0.1) is 0 Å². The Bertz CT molecular complexity index is 875. The quantitative estimate of drug-likeness (QED) is 0.475. The van der Waals surface area contributed by atoms with E-state index in [0.717, 1.165) is 4.47 Å². The molecule has 1 aliphatic rings. The molecule has 108 valence electrons. The zero-order chi connectivity index (χ0) is 15.3. The van der Waals surface area contributed by atoms with Crippen LogP contribution in [0.15, 0.2) is 71.2 Å². The van der Waals surface area contributed by atoms with Crippen LogP contribution in [0.5, 0.6) is 0 Å². The predicted octanol–water partition coefficient (Wildman–Crippen LogP) is 6.42. The SMILES string of the molecule is CC1(C)c2ccccc2-c2cc(-c3cccc(Br)c3)ccc21. The first-order valence-electron chi connectivity index (χ1n) is 7.58. The number of rotatable bonds is 1. The molecule has 0 saturated heterocycles. The van der Waals surface area contributed by atoms with Crippen LogP contribution in [-0.2, 0) is 5.41 Å². The van der Waals surface area contributed by atoms with E-state index in [9.17, 15) is 0 Å². The van der Waals surface area contributed by atoms with Crippen molar-refractivity contribution in [1.82, 2.24) is 0 Å². The van der Waals surface area contributed by atoms with Crippen molar-refractivity contribution in [2.24, 2.45) is 0 Å². The molecule has 0 radical (unpaired) electrons. The maximum absolute atomic E-state index is 3.57. The van der Waals surface area contributed by atoms with Crippen molar-refractivity contribution < 1.29 is 0 Å². The zero-order valence-electron chi connectivity index (χ0n) is 12.7. The Balaban J connectivity index is 1.94. The molecule has 0 bridgehead atoms. The summed E-state index contributed by atoms with van der Waals surface area (Å²) >= 11 is 3.57. The minimum Gasteiger partial charge on any atom is -0.0619 e. The van der Waals surface area contributed by atoms with Gasteiger partial charge in [-0.05, 0) is 51.6 Å². The lowest BCUT2D eigenvalue weighted by Gasteiger charge is -2.21. The molecule has 0 fully saturated rings. The molecular weight excluding hydrogens is 332 g/mol. The van der Waals surface area contributed by atoms with Gasteiger partial charge in [-0.1, -0.05) is 78.3 Å². The summed E-state index contributed by atoms with van der Waals surface area (Å²) in [5, 5.41) is 0. The van der Waals surface area contributed by atoms with Crippen LogP contribution < -0.4 is 0 Å². The molecule has 1 aliphatic carbocycles. The molecule has 4 rings (SSSR count). The van der Waals surface area contributed by atoms with Crippen molar-refractivity contribution in [2.75, 3.05) is 0 Å². The lowest BCUT2D eigenvalue weighted by molar-refractivity contribution is 0.660. The van der Waals surface area contributed by atoms with Crippen LogP contribution in [-0.4, -0.2) is 0 Å². The van der Waals surface area contributed by atoms with Crippen molar-refractivity contribution in [2.45, 2.75) is 19.3 Å². The average molecular weight is 349 g/mol. The smallest absolute Gasteiger partial charge is 0.0181 e. The minimum absolute atomic E-state index is 0.0850. The Kier molecular flexibility index (Phi) is 3.02. The number of hydrogen-bond acceptors (Lipinski definition) is 0. The molecule has 0 heterocycles. The minimum atomic E-state index is 0.0850. The van der Waals surface area contributed by atoms with Gasteiger partial charge in [-0.2, -0.15) is 0 Å². The van der Waals surface area contributed by atoms with Gasteiger partial charge in [-0.25, -0.2) is 0 Å². The van der Waals surface area contributed by atoms with Gasteiger partial charge in [-0.3, -0.25) is 0 Å². The van der Waals surface area contributed by atoms with Crippen LogP contribution in [0.1, 0.15) is 25.0 Å². The van der Waals surface area contributed by atoms with Crippen LogP contribution in [0.25, 0.3) is 22.3 Å². The standard InChI is InChI=1S/C21H17Br/c1-21(2)19-9-4-3-8-17(19)18-13-15(10-11-20(18)21)14-6-5-7-16(22)12-14/h3-13H,1-2H3. The predicted molar refractivity (Wildman–Crippen MR) is 97.1 cm³/mol. The summed E-state index contributed by atoms with van der Waals surface area (Å²) in [6.07, 6.45) is 0. The summed E-state index contributed by atoms with van der Waals surface area (Å²) in [5.41, 5.74) is 8.20. The van der Waals surface area contributed by atoms with Gasteiger partial charge >= 0.3 is 0 Å². The Morgan fingerprint density at radius 1 is 0.682 bits per heavy atom. The fourth-order valence-corrected chi connectivity index (χ4v) is 3.97. The third-order valence-electron chi connectivity index (χ3n) is 4.74. The van der Waals surface area contributed by atoms with Gasteiger partial charge < -0.3 is 0 Å². The van der Waals surface area contributed by atoms with Crippen LogP contribution in [0, 0.1) is 0 Å². The lowest BCUT2D eigenvalue weighted by Crippen LogP contribution is -2.14. The van der Waals surface area contributed by atoms with Crippen molar-refractivity contribution in [3.63, 3.8) is 0 Å². The maximum Gasteiger partial charge on any atom is 0.0181 e. The van der Waals surface area contributed by atoms with E-state index in [-0.39, 0.29) is 5.41 Å². The molecule has 0 N–H and O–H groups in total. The molecule has 0 saturated carbocycles. The van der Waals surface area contributed by atoms with Gasteiger partial charge in [0.2, 0.25) is 0 Å². The molecule has 0 aromatic heterocycles. The third kappa shape index (κ3) is 1.96. The number of benzene rings is 3. The Hall–Kier alpha value is -1.86. The van der Waals surface area contributed by atoms with E-state index in [1.54, 1.807) is 0 Å². The fraction of sp³-hybridized carbons (Fsp3) is 0.143. The molecule has 0 spiro atoms. The molecule has 3 aromatic rings. The molecule has 0 aliphatic heterocycles. The third-order valence-corrected chi connectivity index (χ3v) is 5.23. The average Bonchev–Trinajstić information content (AvgIpc) is 2.76. The van der Waals surface area contributed by atoms with Crippen molar-refractivity contribution in [3.05, 3.63) is 82.3 Å². The van der Waals surface area contributed by atoms with Gasteiger partial charge in [0.15, 0.2) is 0 Å². The summed E-state index contributed by atoms with van der Waals surface area (Å²) in [4.78, 5) is 0. The summed E-state index contributed by atoms with van der Waals surface area (Å²) in [6, 6.07) is 24.1. The first-order chi connectivity index (χ1) is 10.6. The van der Waals surface area contributed by atoms with Gasteiger partial charge in [0.1, 0.15) is 0 Å².